The SMILES string of the molecule is N#CC(Cn1cnnc1)(c1ccc(Cl)cc1Cl)C1CCCC1. The van der Waals surface area contributed by atoms with Gasteiger partial charge in [-0.2, -0.15) is 5.26 Å². The van der Waals surface area contributed by atoms with E-state index in [4.69, 9.17) is 23.2 Å². The van der Waals surface area contributed by atoms with Crippen LogP contribution in [0, 0.1) is 17.2 Å². The molecule has 0 bridgehead atoms. The largest absolute Gasteiger partial charge is 0.318 e. The van der Waals surface area contributed by atoms with E-state index in [1.54, 1.807) is 24.8 Å². The zero-order chi connectivity index (χ0) is 15.6. The fourth-order valence-electron chi connectivity index (χ4n) is 3.48. The molecule has 1 fully saturated rings. The molecule has 1 aliphatic rings. The standard InChI is InChI=1S/C16H16Cl2N4/c17-13-5-6-14(15(18)7-13)16(8-19,12-3-1-2-4-12)9-22-10-20-21-11-22/h5-7,10-12H,1-4,9H2. The van der Waals surface area contributed by atoms with Gasteiger partial charge in [-0.25, -0.2) is 0 Å². The van der Waals surface area contributed by atoms with Gasteiger partial charge < -0.3 is 4.57 Å². The van der Waals surface area contributed by atoms with Crippen LogP contribution in [-0.4, -0.2) is 14.8 Å². The molecule has 1 heterocycles. The van der Waals surface area contributed by atoms with Crippen LogP contribution in [0.2, 0.25) is 10.0 Å². The average Bonchev–Trinajstić information content (AvgIpc) is 3.19. The van der Waals surface area contributed by atoms with Crippen LogP contribution >= 0.6 is 23.2 Å². The minimum atomic E-state index is -0.680. The highest BCUT2D eigenvalue weighted by Gasteiger charge is 2.43. The number of benzene rings is 1. The molecule has 0 amide bonds. The average molecular weight is 335 g/mol. The maximum atomic E-state index is 10.1. The first kappa shape index (κ1) is 15.3. The van der Waals surface area contributed by atoms with E-state index in [1.165, 1.54) is 0 Å². The third-order valence-corrected chi connectivity index (χ3v) is 5.11. The molecule has 3 rings (SSSR count). The Balaban J connectivity index is 2.10. The van der Waals surface area contributed by atoms with Crippen LogP contribution in [0.1, 0.15) is 31.2 Å². The molecule has 1 unspecified atom stereocenters. The topological polar surface area (TPSA) is 54.5 Å². The fraction of sp³-hybridized carbons (Fsp3) is 0.438. The highest BCUT2D eigenvalue weighted by molar-refractivity contribution is 6.35. The Morgan fingerprint density at radius 1 is 1.23 bits per heavy atom. The number of rotatable bonds is 4. The van der Waals surface area contributed by atoms with Gasteiger partial charge in [0.15, 0.2) is 0 Å². The Bertz CT molecular complexity index is 687. The summed E-state index contributed by atoms with van der Waals surface area (Å²) < 4.78 is 1.85. The second-order valence-corrected chi connectivity index (χ2v) is 6.67. The highest BCUT2D eigenvalue weighted by Crippen LogP contribution is 2.45. The van der Waals surface area contributed by atoms with E-state index >= 15 is 0 Å². The summed E-state index contributed by atoms with van der Waals surface area (Å²) in [5, 5.41) is 18.9. The molecule has 0 radical (unpaired) electrons. The van der Waals surface area contributed by atoms with Crippen LogP contribution < -0.4 is 0 Å². The first-order valence-corrected chi connectivity index (χ1v) is 8.10. The van der Waals surface area contributed by atoms with Crippen molar-refractivity contribution in [2.24, 2.45) is 5.92 Å². The Hall–Kier alpha value is -1.57. The number of hydrogen-bond acceptors (Lipinski definition) is 3. The quantitative estimate of drug-likeness (QED) is 0.840. The first-order valence-electron chi connectivity index (χ1n) is 7.35. The van der Waals surface area contributed by atoms with Gasteiger partial charge in [0, 0.05) is 16.6 Å². The molecule has 1 atom stereocenters. The van der Waals surface area contributed by atoms with Crippen LogP contribution in [0.3, 0.4) is 0 Å². The second-order valence-electron chi connectivity index (χ2n) is 5.82. The summed E-state index contributed by atoms with van der Waals surface area (Å²) in [6.45, 7) is 0.502. The van der Waals surface area contributed by atoms with Gasteiger partial charge in [0.05, 0.1) is 6.07 Å². The lowest BCUT2D eigenvalue weighted by atomic mass is 9.70. The van der Waals surface area contributed by atoms with Crippen LogP contribution in [0.4, 0.5) is 0 Å². The lowest BCUT2D eigenvalue weighted by Crippen LogP contribution is -2.37. The van der Waals surface area contributed by atoms with E-state index in [0.29, 0.717) is 16.6 Å². The summed E-state index contributed by atoms with van der Waals surface area (Å²) in [5.74, 6) is 0.276. The van der Waals surface area contributed by atoms with Crippen LogP contribution in [0.25, 0.3) is 0 Å². The third-order valence-electron chi connectivity index (χ3n) is 4.56. The van der Waals surface area contributed by atoms with Crippen molar-refractivity contribution in [2.75, 3.05) is 0 Å². The minimum Gasteiger partial charge on any atom is -0.318 e. The van der Waals surface area contributed by atoms with Crippen LogP contribution in [0.5, 0.6) is 0 Å². The molecule has 2 aromatic rings. The molecule has 1 aliphatic carbocycles. The lowest BCUT2D eigenvalue weighted by Gasteiger charge is -2.34. The van der Waals surface area contributed by atoms with Crippen molar-refractivity contribution < 1.29 is 0 Å². The zero-order valence-electron chi connectivity index (χ0n) is 12.0. The summed E-state index contributed by atoms with van der Waals surface area (Å²) in [5.41, 5.74) is 0.169. The molecule has 1 aromatic heterocycles. The Labute approximate surface area is 139 Å². The molecule has 1 saturated carbocycles. The van der Waals surface area contributed by atoms with Gasteiger partial charge in [0.2, 0.25) is 0 Å². The minimum absolute atomic E-state index is 0.276. The van der Waals surface area contributed by atoms with E-state index in [2.05, 4.69) is 16.3 Å². The summed E-state index contributed by atoms with van der Waals surface area (Å²) in [6, 6.07) is 7.97. The number of nitrogens with zero attached hydrogens (tertiary/aromatic N) is 4. The number of hydrogen-bond donors (Lipinski definition) is 0. The summed E-state index contributed by atoms with van der Waals surface area (Å²) in [6.07, 6.45) is 7.67. The predicted octanol–water partition coefficient (Wildman–Crippen LogP) is 4.24. The van der Waals surface area contributed by atoms with Gasteiger partial charge in [-0.1, -0.05) is 42.1 Å². The van der Waals surface area contributed by atoms with E-state index < -0.39 is 5.41 Å². The number of nitriles is 1. The third kappa shape index (κ3) is 2.71. The Kier molecular flexibility index (Phi) is 4.37. The van der Waals surface area contributed by atoms with Crippen molar-refractivity contribution in [3.8, 4) is 6.07 Å². The van der Waals surface area contributed by atoms with E-state index in [0.717, 1.165) is 31.2 Å². The number of halogens is 2. The predicted molar refractivity (Wildman–Crippen MR) is 85.7 cm³/mol. The summed E-state index contributed by atoms with van der Waals surface area (Å²) >= 11 is 12.5. The second kappa shape index (κ2) is 6.28. The van der Waals surface area contributed by atoms with Gasteiger partial charge in [0.25, 0.3) is 0 Å². The van der Waals surface area contributed by atoms with Gasteiger partial charge in [-0.3, -0.25) is 0 Å². The molecule has 22 heavy (non-hydrogen) atoms. The van der Waals surface area contributed by atoms with Gasteiger partial charge in [-0.15, -0.1) is 10.2 Å². The molecule has 1 aromatic carbocycles. The van der Waals surface area contributed by atoms with Crippen molar-refractivity contribution in [3.05, 3.63) is 46.5 Å². The molecule has 0 saturated heterocycles. The molecule has 114 valence electrons. The van der Waals surface area contributed by atoms with Gasteiger partial charge in [0.1, 0.15) is 18.1 Å². The Morgan fingerprint density at radius 2 is 1.91 bits per heavy atom. The van der Waals surface area contributed by atoms with Gasteiger partial charge in [-0.05, 0) is 36.5 Å². The van der Waals surface area contributed by atoms with Crippen LogP contribution in [-0.2, 0) is 12.0 Å². The van der Waals surface area contributed by atoms with Crippen molar-refractivity contribution in [1.29, 1.82) is 5.26 Å². The monoisotopic (exact) mass is 334 g/mol. The Morgan fingerprint density at radius 3 is 2.50 bits per heavy atom. The lowest BCUT2D eigenvalue weighted by molar-refractivity contribution is 0.304. The van der Waals surface area contributed by atoms with E-state index in [1.807, 2.05) is 10.6 Å². The summed E-state index contributed by atoms with van der Waals surface area (Å²) in [4.78, 5) is 0. The molecular weight excluding hydrogens is 319 g/mol. The molecule has 0 aliphatic heterocycles. The normalized spacial score (nSPS) is 18.0. The van der Waals surface area contributed by atoms with Gasteiger partial charge >= 0.3 is 0 Å². The van der Waals surface area contributed by atoms with Crippen molar-refractivity contribution >= 4 is 23.2 Å². The van der Waals surface area contributed by atoms with Crippen molar-refractivity contribution in [3.63, 3.8) is 0 Å². The molecule has 4 nitrogen and oxygen atoms in total. The highest BCUT2D eigenvalue weighted by atomic mass is 35.5. The smallest absolute Gasteiger partial charge is 0.119 e. The zero-order valence-corrected chi connectivity index (χ0v) is 13.6. The molecule has 0 spiro atoms. The van der Waals surface area contributed by atoms with Crippen LogP contribution in [0.15, 0.2) is 30.9 Å². The maximum absolute atomic E-state index is 10.1. The molecular formula is C16H16Cl2N4. The number of aromatic nitrogens is 3. The summed E-state index contributed by atoms with van der Waals surface area (Å²) in [7, 11) is 0. The van der Waals surface area contributed by atoms with Crippen molar-refractivity contribution in [2.45, 2.75) is 37.6 Å². The van der Waals surface area contributed by atoms with Crippen molar-refractivity contribution in [1.82, 2.24) is 14.8 Å². The maximum Gasteiger partial charge on any atom is 0.119 e. The fourth-order valence-corrected chi connectivity index (χ4v) is 4.06. The molecule has 6 heteroatoms. The molecule has 0 N–H and O–H groups in total. The van der Waals surface area contributed by atoms with E-state index in [9.17, 15) is 5.26 Å². The van der Waals surface area contributed by atoms with E-state index in [-0.39, 0.29) is 5.92 Å². The first-order chi connectivity index (χ1) is 10.7.